The summed E-state index contributed by atoms with van der Waals surface area (Å²) in [5.74, 6) is -1.14. The van der Waals surface area contributed by atoms with E-state index in [1.807, 2.05) is 24.3 Å². The summed E-state index contributed by atoms with van der Waals surface area (Å²) in [5.41, 5.74) is 5.29. The van der Waals surface area contributed by atoms with Crippen molar-refractivity contribution >= 4 is 23.7 Å². The molecule has 0 radical (unpaired) electrons. The van der Waals surface area contributed by atoms with E-state index >= 15 is 0 Å². The summed E-state index contributed by atoms with van der Waals surface area (Å²) in [6, 6.07) is 23.0. The molecule has 0 atom stereocenters. The molecule has 1 saturated carbocycles. The van der Waals surface area contributed by atoms with Crippen LogP contribution in [0.2, 0.25) is 0 Å². The van der Waals surface area contributed by atoms with Gasteiger partial charge in [-0.15, -0.1) is 0 Å². The number of fused-ring (bicyclic) bond motifs is 3. The molecule has 2 aliphatic rings. The van der Waals surface area contributed by atoms with Gasteiger partial charge in [-0.2, -0.15) is 0 Å². The van der Waals surface area contributed by atoms with Crippen molar-refractivity contribution in [1.82, 2.24) is 5.32 Å². The number of alkyl carbamates (subject to hydrolysis) is 1. The molecule has 7 nitrogen and oxygen atoms in total. The molecule has 3 aromatic rings. The Kier molecular flexibility index (Phi) is 5.99. The predicted molar refractivity (Wildman–Crippen MR) is 131 cm³/mol. The zero-order valence-electron chi connectivity index (χ0n) is 19.1. The third kappa shape index (κ3) is 5.04. The van der Waals surface area contributed by atoms with Crippen molar-refractivity contribution in [3.63, 3.8) is 0 Å². The summed E-state index contributed by atoms with van der Waals surface area (Å²) >= 11 is 0. The van der Waals surface area contributed by atoms with Crippen LogP contribution < -0.4 is 10.6 Å². The number of rotatable bonds is 8. The monoisotopic (exact) mass is 470 g/mol. The summed E-state index contributed by atoms with van der Waals surface area (Å²) in [6.07, 6.45) is 0.981. The summed E-state index contributed by atoms with van der Waals surface area (Å²) in [7, 11) is 0. The van der Waals surface area contributed by atoms with Crippen LogP contribution in [0.15, 0.2) is 72.8 Å². The zero-order valence-corrected chi connectivity index (χ0v) is 19.1. The number of nitrogens with one attached hydrogen (secondary N) is 2. The fourth-order valence-electron chi connectivity index (χ4n) is 4.74. The van der Waals surface area contributed by atoms with Crippen molar-refractivity contribution in [3.8, 4) is 11.1 Å². The number of benzene rings is 3. The fourth-order valence-corrected chi connectivity index (χ4v) is 4.74. The van der Waals surface area contributed by atoms with Crippen LogP contribution in [-0.4, -0.2) is 35.2 Å². The Hall–Kier alpha value is -4.13. The highest BCUT2D eigenvalue weighted by molar-refractivity contribution is 5.92. The second-order valence-electron chi connectivity index (χ2n) is 9.22. The summed E-state index contributed by atoms with van der Waals surface area (Å²) in [5, 5.41) is 14.6. The molecule has 0 aliphatic heterocycles. The van der Waals surface area contributed by atoms with Crippen molar-refractivity contribution in [3.05, 3.63) is 89.5 Å². The molecule has 35 heavy (non-hydrogen) atoms. The smallest absolute Gasteiger partial charge is 0.407 e. The molecule has 0 saturated heterocycles. The van der Waals surface area contributed by atoms with Crippen LogP contribution in [0, 0.1) is 0 Å². The molecular formula is C28H26N2O5. The number of ether oxygens (including phenoxy) is 1. The second-order valence-corrected chi connectivity index (χ2v) is 9.22. The average molecular weight is 471 g/mol. The first-order valence-electron chi connectivity index (χ1n) is 11.7. The van der Waals surface area contributed by atoms with Gasteiger partial charge in [0.15, 0.2) is 0 Å². The molecule has 178 valence electrons. The van der Waals surface area contributed by atoms with Crippen molar-refractivity contribution < 1.29 is 24.2 Å². The van der Waals surface area contributed by atoms with Gasteiger partial charge < -0.3 is 20.5 Å². The van der Waals surface area contributed by atoms with Gasteiger partial charge in [-0.1, -0.05) is 60.7 Å². The SMILES string of the molecule is O=C(O)Cc1ccc(NC(=O)CC2(NC(=O)OCC3c4ccccc4-c4ccccc43)CC2)cc1. The van der Waals surface area contributed by atoms with E-state index in [2.05, 4.69) is 34.9 Å². The summed E-state index contributed by atoms with van der Waals surface area (Å²) in [6.45, 7) is 0.227. The van der Waals surface area contributed by atoms with Crippen molar-refractivity contribution in [2.24, 2.45) is 0 Å². The molecule has 2 amide bonds. The van der Waals surface area contributed by atoms with Crippen molar-refractivity contribution in [2.45, 2.75) is 37.1 Å². The fraction of sp³-hybridized carbons (Fsp3) is 0.250. The van der Waals surface area contributed by atoms with Gasteiger partial charge in [-0.3, -0.25) is 9.59 Å². The number of carbonyl (C=O) groups excluding carboxylic acids is 2. The van der Waals surface area contributed by atoms with E-state index in [9.17, 15) is 14.4 Å². The van der Waals surface area contributed by atoms with E-state index in [1.54, 1.807) is 24.3 Å². The summed E-state index contributed by atoms with van der Waals surface area (Å²) in [4.78, 5) is 36.0. The third-order valence-corrected chi connectivity index (χ3v) is 6.66. The van der Waals surface area contributed by atoms with Gasteiger partial charge in [0, 0.05) is 11.6 Å². The predicted octanol–water partition coefficient (Wildman–Crippen LogP) is 4.71. The Morgan fingerprint density at radius 2 is 1.49 bits per heavy atom. The highest BCUT2D eigenvalue weighted by atomic mass is 16.5. The quantitative estimate of drug-likeness (QED) is 0.442. The van der Waals surface area contributed by atoms with Gasteiger partial charge in [0.25, 0.3) is 0 Å². The molecule has 3 aromatic carbocycles. The molecule has 0 unspecified atom stereocenters. The standard InChI is InChI=1S/C28H26N2O5/c31-25(29-19-11-9-18(10-12-19)15-26(32)33)16-28(13-14-28)30-27(34)35-17-24-22-7-3-1-5-20(22)21-6-2-4-8-23(21)24/h1-12,24H,13-17H2,(H,29,31)(H,30,34)(H,32,33). The molecule has 0 aromatic heterocycles. The Morgan fingerprint density at radius 3 is 2.06 bits per heavy atom. The minimum absolute atomic E-state index is 0.0179. The van der Waals surface area contributed by atoms with Crippen molar-refractivity contribution in [1.29, 1.82) is 0 Å². The number of anilines is 1. The highest BCUT2D eigenvalue weighted by Crippen LogP contribution is 2.44. The Morgan fingerprint density at radius 1 is 0.886 bits per heavy atom. The lowest BCUT2D eigenvalue weighted by Gasteiger charge is -2.19. The maximum absolute atomic E-state index is 12.6. The first-order valence-corrected chi connectivity index (χ1v) is 11.7. The Bertz CT molecular complexity index is 1240. The van der Waals surface area contributed by atoms with E-state index in [1.165, 1.54) is 11.1 Å². The second kappa shape index (κ2) is 9.25. The largest absolute Gasteiger partial charge is 0.481 e. The maximum atomic E-state index is 12.6. The van der Waals surface area contributed by atoms with E-state index in [4.69, 9.17) is 9.84 Å². The molecule has 3 N–H and O–H groups in total. The number of aliphatic carboxylic acids is 1. The summed E-state index contributed by atoms with van der Waals surface area (Å²) < 4.78 is 5.63. The van der Waals surface area contributed by atoms with Gasteiger partial charge >= 0.3 is 12.1 Å². The van der Waals surface area contributed by atoms with E-state index in [-0.39, 0.29) is 31.3 Å². The molecule has 1 fully saturated rings. The average Bonchev–Trinajstić information content (AvgIpc) is 3.50. The van der Waals surface area contributed by atoms with Crippen LogP contribution in [0.5, 0.6) is 0 Å². The number of carboxylic acid groups (broad SMARTS) is 1. The van der Waals surface area contributed by atoms with Gasteiger partial charge in [-0.25, -0.2) is 4.79 Å². The van der Waals surface area contributed by atoms with E-state index < -0.39 is 17.6 Å². The van der Waals surface area contributed by atoms with Crippen LogP contribution in [0.25, 0.3) is 11.1 Å². The van der Waals surface area contributed by atoms with Gasteiger partial charge in [-0.05, 0) is 52.8 Å². The van der Waals surface area contributed by atoms with Crippen LogP contribution >= 0.6 is 0 Å². The minimum atomic E-state index is -0.906. The lowest BCUT2D eigenvalue weighted by molar-refractivity contribution is -0.136. The first-order chi connectivity index (χ1) is 16.9. The number of amides is 2. The molecule has 2 aliphatic carbocycles. The zero-order chi connectivity index (χ0) is 24.4. The Labute approximate surface area is 203 Å². The molecule has 0 spiro atoms. The molecule has 7 heteroatoms. The third-order valence-electron chi connectivity index (χ3n) is 6.66. The topological polar surface area (TPSA) is 105 Å². The van der Waals surface area contributed by atoms with Crippen LogP contribution in [0.4, 0.5) is 10.5 Å². The minimum Gasteiger partial charge on any atom is -0.481 e. The molecule has 0 heterocycles. The highest BCUT2D eigenvalue weighted by Gasteiger charge is 2.46. The molecule has 5 rings (SSSR count). The van der Waals surface area contributed by atoms with Gasteiger partial charge in [0.1, 0.15) is 6.61 Å². The lowest BCUT2D eigenvalue weighted by atomic mass is 9.98. The normalized spacial score (nSPS) is 15.0. The number of carbonyl (C=O) groups is 3. The molecule has 0 bridgehead atoms. The van der Waals surface area contributed by atoms with Crippen LogP contribution in [-0.2, 0) is 20.7 Å². The van der Waals surface area contributed by atoms with Gasteiger partial charge in [0.2, 0.25) is 5.91 Å². The van der Waals surface area contributed by atoms with E-state index in [0.29, 0.717) is 24.1 Å². The number of carboxylic acids is 1. The number of hydrogen-bond acceptors (Lipinski definition) is 4. The number of hydrogen-bond donors (Lipinski definition) is 3. The van der Waals surface area contributed by atoms with Gasteiger partial charge in [0.05, 0.1) is 18.4 Å². The van der Waals surface area contributed by atoms with Crippen LogP contribution in [0.3, 0.4) is 0 Å². The maximum Gasteiger partial charge on any atom is 0.407 e. The lowest BCUT2D eigenvalue weighted by Crippen LogP contribution is -2.40. The molecular weight excluding hydrogens is 444 g/mol. The first kappa shape index (κ1) is 22.7. The van der Waals surface area contributed by atoms with Crippen molar-refractivity contribution in [2.75, 3.05) is 11.9 Å². The Balaban J connectivity index is 1.15. The van der Waals surface area contributed by atoms with Crippen LogP contribution in [0.1, 0.15) is 41.9 Å². The van der Waals surface area contributed by atoms with E-state index in [0.717, 1.165) is 11.1 Å².